The molecule has 0 unspecified atom stereocenters. The molecule has 3 N–H and O–H groups in total. The van der Waals surface area contributed by atoms with Crippen LogP contribution in [0.4, 0.5) is 0 Å². The molecule has 5 nitrogen and oxygen atoms in total. The van der Waals surface area contributed by atoms with Crippen LogP contribution in [0.2, 0.25) is 0 Å². The van der Waals surface area contributed by atoms with Gasteiger partial charge < -0.3 is 20.5 Å². The smallest absolute Gasteiger partial charge is 0.258 e. The standard InChI is InChI=1S/C13H19BrN2O3/c1-18-8-7-16-12(17)9-19-13-10(5-6-15)3-2-4-11(13)14/h2-4H,5-9,15H2,1H3,(H,16,17). The molecule has 0 heterocycles. The van der Waals surface area contributed by atoms with E-state index in [1.165, 1.54) is 0 Å². The van der Waals surface area contributed by atoms with Crippen molar-refractivity contribution in [1.82, 2.24) is 5.32 Å². The van der Waals surface area contributed by atoms with E-state index in [0.29, 0.717) is 31.9 Å². The van der Waals surface area contributed by atoms with E-state index in [4.69, 9.17) is 15.2 Å². The Kier molecular flexibility index (Phi) is 7.47. The van der Waals surface area contributed by atoms with E-state index in [-0.39, 0.29) is 12.5 Å². The summed E-state index contributed by atoms with van der Waals surface area (Å²) in [5.74, 6) is 0.501. The second-order valence-corrected chi connectivity index (χ2v) is 4.75. The van der Waals surface area contributed by atoms with Crippen LogP contribution in [0.15, 0.2) is 22.7 Å². The second-order valence-electron chi connectivity index (χ2n) is 3.90. The summed E-state index contributed by atoms with van der Waals surface area (Å²) in [5, 5.41) is 2.70. The van der Waals surface area contributed by atoms with Gasteiger partial charge >= 0.3 is 0 Å². The summed E-state index contributed by atoms with van der Waals surface area (Å²) in [6.45, 7) is 1.47. The van der Waals surface area contributed by atoms with Gasteiger partial charge in [0.1, 0.15) is 5.75 Å². The molecule has 0 aliphatic rings. The number of nitrogens with two attached hydrogens (primary N) is 1. The van der Waals surface area contributed by atoms with Crippen LogP contribution >= 0.6 is 15.9 Å². The predicted molar refractivity (Wildman–Crippen MR) is 77.3 cm³/mol. The number of nitrogens with one attached hydrogen (secondary N) is 1. The topological polar surface area (TPSA) is 73.6 Å². The van der Waals surface area contributed by atoms with Crippen molar-refractivity contribution in [2.45, 2.75) is 6.42 Å². The Hall–Kier alpha value is -1.11. The molecule has 6 heteroatoms. The summed E-state index contributed by atoms with van der Waals surface area (Å²) in [4.78, 5) is 11.5. The van der Waals surface area contributed by atoms with Crippen LogP contribution in [0.3, 0.4) is 0 Å². The maximum atomic E-state index is 11.5. The number of hydrogen-bond donors (Lipinski definition) is 2. The average molecular weight is 331 g/mol. The van der Waals surface area contributed by atoms with Crippen molar-refractivity contribution < 1.29 is 14.3 Å². The Morgan fingerprint density at radius 3 is 2.95 bits per heavy atom. The Morgan fingerprint density at radius 2 is 2.26 bits per heavy atom. The van der Waals surface area contributed by atoms with Gasteiger partial charge in [0.2, 0.25) is 0 Å². The minimum Gasteiger partial charge on any atom is -0.482 e. The van der Waals surface area contributed by atoms with Crippen LogP contribution in [0.5, 0.6) is 5.75 Å². The summed E-state index contributed by atoms with van der Waals surface area (Å²) in [6.07, 6.45) is 0.708. The number of rotatable bonds is 8. The molecule has 0 aliphatic carbocycles. The number of para-hydroxylation sites is 1. The van der Waals surface area contributed by atoms with Crippen molar-refractivity contribution in [2.24, 2.45) is 5.73 Å². The largest absolute Gasteiger partial charge is 0.482 e. The SMILES string of the molecule is COCCNC(=O)COc1c(Br)cccc1CCN. The van der Waals surface area contributed by atoms with Gasteiger partial charge in [-0.3, -0.25) is 4.79 Å². The van der Waals surface area contributed by atoms with E-state index in [9.17, 15) is 4.79 Å². The molecular formula is C13H19BrN2O3. The first-order valence-electron chi connectivity index (χ1n) is 6.05. The molecule has 0 saturated heterocycles. The molecule has 1 aromatic carbocycles. The molecule has 106 valence electrons. The van der Waals surface area contributed by atoms with Crippen molar-refractivity contribution in [3.05, 3.63) is 28.2 Å². The van der Waals surface area contributed by atoms with Crippen LogP contribution in [0.1, 0.15) is 5.56 Å². The van der Waals surface area contributed by atoms with Gasteiger partial charge in [-0.2, -0.15) is 0 Å². The van der Waals surface area contributed by atoms with Crippen LogP contribution in [0.25, 0.3) is 0 Å². The molecule has 0 aromatic heterocycles. The lowest BCUT2D eigenvalue weighted by Crippen LogP contribution is -2.31. The number of methoxy groups -OCH3 is 1. The predicted octanol–water partition coefficient (Wildman–Crippen LogP) is 1.09. The zero-order chi connectivity index (χ0) is 14.1. The van der Waals surface area contributed by atoms with Crippen LogP contribution in [-0.2, 0) is 16.0 Å². The molecule has 19 heavy (non-hydrogen) atoms. The number of halogens is 1. The maximum absolute atomic E-state index is 11.5. The fourth-order valence-electron chi connectivity index (χ4n) is 1.55. The molecule has 0 saturated carbocycles. The number of benzene rings is 1. The average Bonchev–Trinajstić information content (AvgIpc) is 2.39. The Morgan fingerprint density at radius 1 is 1.47 bits per heavy atom. The molecule has 0 atom stereocenters. The van der Waals surface area contributed by atoms with E-state index in [2.05, 4.69) is 21.2 Å². The summed E-state index contributed by atoms with van der Waals surface area (Å²) in [5.41, 5.74) is 6.54. The van der Waals surface area contributed by atoms with E-state index in [0.717, 1.165) is 10.0 Å². The van der Waals surface area contributed by atoms with Crippen LogP contribution in [0, 0.1) is 0 Å². The number of ether oxygens (including phenoxy) is 2. The van der Waals surface area contributed by atoms with E-state index in [1.54, 1.807) is 7.11 Å². The maximum Gasteiger partial charge on any atom is 0.258 e. The van der Waals surface area contributed by atoms with Gasteiger partial charge in [0.25, 0.3) is 5.91 Å². The number of carbonyl (C=O) groups is 1. The summed E-state index contributed by atoms with van der Waals surface area (Å²) in [7, 11) is 1.59. The second kappa shape index (κ2) is 8.90. The van der Waals surface area contributed by atoms with Crippen molar-refractivity contribution in [3.63, 3.8) is 0 Å². The lowest BCUT2D eigenvalue weighted by atomic mass is 10.1. The highest BCUT2D eigenvalue weighted by Gasteiger charge is 2.09. The molecule has 1 aromatic rings. The first-order chi connectivity index (χ1) is 9.19. The molecule has 1 amide bonds. The van der Waals surface area contributed by atoms with E-state index >= 15 is 0 Å². The number of amides is 1. The fourth-order valence-corrected chi connectivity index (χ4v) is 2.07. The fraction of sp³-hybridized carbons (Fsp3) is 0.462. The van der Waals surface area contributed by atoms with Crippen molar-refractivity contribution in [3.8, 4) is 5.75 Å². The van der Waals surface area contributed by atoms with E-state index < -0.39 is 0 Å². The van der Waals surface area contributed by atoms with Gasteiger partial charge in [0, 0.05) is 13.7 Å². The minimum atomic E-state index is -0.175. The van der Waals surface area contributed by atoms with Crippen molar-refractivity contribution in [2.75, 3.05) is 33.4 Å². The Bertz CT molecular complexity index is 413. The third-order valence-corrected chi connectivity index (χ3v) is 3.06. The van der Waals surface area contributed by atoms with Gasteiger partial charge in [0.05, 0.1) is 11.1 Å². The third kappa shape index (κ3) is 5.59. The number of carbonyl (C=O) groups excluding carboxylic acids is 1. The Balaban J connectivity index is 2.54. The van der Waals surface area contributed by atoms with Gasteiger partial charge in [0.15, 0.2) is 6.61 Å². The first kappa shape index (κ1) is 15.9. The quantitative estimate of drug-likeness (QED) is 0.700. The van der Waals surface area contributed by atoms with Crippen LogP contribution < -0.4 is 15.8 Å². The molecule has 0 radical (unpaired) electrons. The van der Waals surface area contributed by atoms with Gasteiger partial charge in [-0.25, -0.2) is 0 Å². The highest BCUT2D eigenvalue weighted by molar-refractivity contribution is 9.10. The van der Waals surface area contributed by atoms with Gasteiger partial charge in [-0.1, -0.05) is 12.1 Å². The first-order valence-corrected chi connectivity index (χ1v) is 6.84. The summed E-state index contributed by atoms with van der Waals surface area (Å²) >= 11 is 3.41. The normalized spacial score (nSPS) is 10.3. The molecule has 0 fully saturated rings. The summed E-state index contributed by atoms with van der Waals surface area (Å²) in [6, 6.07) is 5.73. The molecule has 0 aliphatic heterocycles. The molecular weight excluding hydrogens is 312 g/mol. The zero-order valence-corrected chi connectivity index (χ0v) is 12.5. The van der Waals surface area contributed by atoms with Crippen molar-refractivity contribution >= 4 is 21.8 Å². The van der Waals surface area contributed by atoms with Gasteiger partial charge in [-0.15, -0.1) is 0 Å². The summed E-state index contributed by atoms with van der Waals surface area (Å²) < 4.78 is 11.2. The van der Waals surface area contributed by atoms with Gasteiger partial charge in [-0.05, 0) is 40.5 Å². The van der Waals surface area contributed by atoms with E-state index in [1.807, 2.05) is 18.2 Å². The molecule has 1 rings (SSSR count). The number of hydrogen-bond acceptors (Lipinski definition) is 4. The lowest BCUT2D eigenvalue weighted by Gasteiger charge is -2.12. The lowest BCUT2D eigenvalue weighted by molar-refractivity contribution is -0.123. The highest BCUT2D eigenvalue weighted by atomic mass is 79.9. The highest BCUT2D eigenvalue weighted by Crippen LogP contribution is 2.29. The van der Waals surface area contributed by atoms with Crippen molar-refractivity contribution in [1.29, 1.82) is 0 Å². The Labute approximate surface area is 121 Å². The molecule has 0 spiro atoms. The monoisotopic (exact) mass is 330 g/mol. The minimum absolute atomic E-state index is 0.0239. The molecule has 0 bridgehead atoms. The van der Waals surface area contributed by atoms with Crippen LogP contribution in [-0.4, -0.2) is 39.3 Å². The zero-order valence-electron chi connectivity index (χ0n) is 10.9. The third-order valence-electron chi connectivity index (χ3n) is 2.44.